The summed E-state index contributed by atoms with van der Waals surface area (Å²) in [6, 6.07) is 10.0. The second kappa shape index (κ2) is 7.40. The molecule has 3 N–H and O–H groups in total. The fourth-order valence-electron chi connectivity index (χ4n) is 2.41. The summed E-state index contributed by atoms with van der Waals surface area (Å²) in [4.78, 5) is 25.7. The van der Waals surface area contributed by atoms with Gasteiger partial charge in [-0.1, -0.05) is 42.1 Å². The van der Waals surface area contributed by atoms with Gasteiger partial charge in [-0.25, -0.2) is 15.0 Å². The van der Waals surface area contributed by atoms with Crippen molar-refractivity contribution in [3.8, 4) is 11.1 Å². The van der Waals surface area contributed by atoms with E-state index < -0.39 is 0 Å². The Morgan fingerprint density at radius 2 is 2.04 bits per heavy atom. The van der Waals surface area contributed by atoms with Gasteiger partial charge in [-0.05, 0) is 5.56 Å². The molecule has 4 rings (SSSR count). The van der Waals surface area contributed by atoms with Crippen LogP contribution in [0.3, 0.4) is 0 Å². The summed E-state index contributed by atoms with van der Waals surface area (Å²) in [5.41, 5.74) is 8.30. The van der Waals surface area contributed by atoms with E-state index in [9.17, 15) is 4.79 Å². The maximum Gasteiger partial charge on any atom is 0.236 e. The molecule has 3 heterocycles. The summed E-state index contributed by atoms with van der Waals surface area (Å²) in [5.74, 6) is 0.475. The monoisotopic (exact) mass is 399 g/mol. The van der Waals surface area contributed by atoms with Crippen molar-refractivity contribution in [2.75, 3.05) is 16.8 Å². The lowest BCUT2D eigenvalue weighted by Gasteiger charge is -2.05. The van der Waals surface area contributed by atoms with Crippen molar-refractivity contribution in [1.82, 2.24) is 15.0 Å². The zero-order valence-electron chi connectivity index (χ0n) is 13.4. The minimum atomic E-state index is -0.150. The van der Waals surface area contributed by atoms with Crippen LogP contribution in [0.25, 0.3) is 21.3 Å². The topological polar surface area (TPSA) is 93.8 Å². The maximum atomic E-state index is 12.0. The Bertz CT molecular complexity index is 1050. The van der Waals surface area contributed by atoms with Gasteiger partial charge in [0.15, 0.2) is 10.3 Å². The van der Waals surface area contributed by atoms with Gasteiger partial charge in [-0.2, -0.15) is 0 Å². The van der Waals surface area contributed by atoms with E-state index in [1.54, 1.807) is 6.20 Å². The number of rotatable bonds is 5. The molecule has 0 radical (unpaired) electrons. The number of nitrogens with zero attached hydrogens (tertiary/aromatic N) is 3. The zero-order valence-corrected chi connectivity index (χ0v) is 15.8. The van der Waals surface area contributed by atoms with Crippen LogP contribution in [0.1, 0.15) is 0 Å². The Morgan fingerprint density at radius 3 is 2.81 bits per heavy atom. The lowest BCUT2D eigenvalue weighted by atomic mass is 10.1. The van der Waals surface area contributed by atoms with E-state index >= 15 is 0 Å². The lowest BCUT2D eigenvalue weighted by molar-refractivity contribution is -0.113. The molecule has 26 heavy (non-hydrogen) atoms. The van der Waals surface area contributed by atoms with Crippen LogP contribution in [-0.4, -0.2) is 26.6 Å². The third kappa shape index (κ3) is 3.55. The number of hydrogen-bond acceptors (Lipinski definition) is 8. The fourth-order valence-corrected chi connectivity index (χ4v) is 4.62. The molecule has 130 valence electrons. The molecule has 0 aliphatic heterocycles. The fraction of sp³-hybridized carbons (Fsp3) is 0.0588. The van der Waals surface area contributed by atoms with Gasteiger partial charge in [0.1, 0.15) is 10.6 Å². The molecule has 3 aromatic heterocycles. The predicted molar refractivity (Wildman–Crippen MR) is 109 cm³/mol. The molecule has 0 aliphatic rings. The first-order valence-corrected chi connectivity index (χ1v) is 10.4. The third-order valence-corrected chi connectivity index (χ3v) is 5.94. The number of hydrogen-bond donors (Lipinski definition) is 2. The van der Waals surface area contributed by atoms with Gasteiger partial charge in [-0.3, -0.25) is 4.79 Å². The highest BCUT2D eigenvalue weighted by molar-refractivity contribution is 7.99. The van der Waals surface area contributed by atoms with Crippen molar-refractivity contribution in [2.45, 2.75) is 5.16 Å². The Labute approximate surface area is 161 Å². The Hall–Kier alpha value is -2.49. The van der Waals surface area contributed by atoms with Gasteiger partial charge in [0.2, 0.25) is 5.91 Å². The van der Waals surface area contributed by atoms with Crippen LogP contribution < -0.4 is 11.1 Å². The van der Waals surface area contributed by atoms with Gasteiger partial charge in [0.25, 0.3) is 0 Å². The molecule has 0 saturated carbocycles. The van der Waals surface area contributed by atoms with Crippen molar-refractivity contribution < 1.29 is 4.79 Å². The lowest BCUT2D eigenvalue weighted by Crippen LogP contribution is -2.14. The summed E-state index contributed by atoms with van der Waals surface area (Å²) in [6.07, 6.45) is 1.65. The number of carbonyl (C=O) groups is 1. The molecule has 9 heteroatoms. The quantitative estimate of drug-likeness (QED) is 0.387. The first-order chi connectivity index (χ1) is 12.7. The van der Waals surface area contributed by atoms with E-state index in [0.29, 0.717) is 16.1 Å². The van der Waals surface area contributed by atoms with Crippen LogP contribution in [-0.2, 0) is 4.79 Å². The molecule has 0 bridgehead atoms. The highest BCUT2D eigenvalue weighted by Crippen LogP contribution is 2.36. The Morgan fingerprint density at radius 1 is 1.19 bits per heavy atom. The second-order valence-electron chi connectivity index (χ2n) is 5.26. The van der Waals surface area contributed by atoms with Gasteiger partial charge < -0.3 is 11.1 Å². The van der Waals surface area contributed by atoms with E-state index in [4.69, 9.17) is 5.73 Å². The number of carbonyl (C=O) groups excluding carboxylic acids is 1. The number of nitrogens with two attached hydrogens (primary N) is 1. The molecule has 0 saturated heterocycles. The van der Waals surface area contributed by atoms with E-state index in [-0.39, 0.29) is 11.7 Å². The molecular formula is C17H13N5OS3. The summed E-state index contributed by atoms with van der Waals surface area (Å²) in [6.45, 7) is 0. The number of nitrogens with one attached hydrogen (secondary N) is 1. The van der Waals surface area contributed by atoms with Crippen LogP contribution in [0.4, 0.5) is 10.9 Å². The average molecular weight is 400 g/mol. The number of aromatic nitrogens is 3. The van der Waals surface area contributed by atoms with Crippen LogP contribution in [0.2, 0.25) is 0 Å². The van der Waals surface area contributed by atoms with Crippen LogP contribution in [0.5, 0.6) is 0 Å². The summed E-state index contributed by atoms with van der Waals surface area (Å²) in [5, 5.41) is 8.51. The van der Waals surface area contributed by atoms with Gasteiger partial charge in [0, 0.05) is 22.5 Å². The SMILES string of the molecule is Nc1nc(SCC(=O)Nc2nccs2)nc2scc(-c3ccccc3)c12. The van der Waals surface area contributed by atoms with E-state index in [2.05, 4.69) is 20.3 Å². The van der Waals surface area contributed by atoms with Crippen molar-refractivity contribution in [3.05, 3.63) is 47.3 Å². The minimum Gasteiger partial charge on any atom is -0.383 e. The van der Waals surface area contributed by atoms with Gasteiger partial charge >= 0.3 is 0 Å². The summed E-state index contributed by atoms with van der Waals surface area (Å²) < 4.78 is 0. The minimum absolute atomic E-state index is 0.150. The standard InChI is InChI=1S/C17H13N5OS3/c18-14-13-11(10-4-2-1-3-5-10)8-25-15(13)22-17(21-14)26-9-12(23)20-16-19-6-7-24-16/h1-8H,9H2,(H2,18,21,22)(H,19,20,23). The molecule has 6 nitrogen and oxygen atoms in total. The number of anilines is 2. The number of benzene rings is 1. The number of fused-ring (bicyclic) bond motifs is 1. The molecule has 4 aromatic rings. The number of nitrogen functional groups attached to an aromatic ring is 1. The zero-order chi connectivity index (χ0) is 17.9. The van der Waals surface area contributed by atoms with Gasteiger partial charge in [-0.15, -0.1) is 22.7 Å². The molecule has 0 unspecified atom stereocenters. The molecule has 0 spiro atoms. The predicted octanol–water partition coefficient (Wildman–Crippen LogP) is 4.13. The van der Waals surface area contributed by atoms with E-state index in [1.165, 1.54) is 34.4 Å². The molecule has 1 aromatic carbocycles. The number of thioether (sulfide) groups is 1. The van der Waals surface area contributed by atoms with Crippen molar-refractivity contribution in [3.63, 3.8) is 0 Å². The maximum absolute atomic E-state index is 12.0. The largest absolute Gasteiger partial charge is 0.383 e. The first kappa shape index (κ1) is 17.0. The van der Waals surface area contributed by atoms with Crippen LogP contribution >= 0.6 is 34.4 Å². The highest BCUT2D eigenvalue weighted by atomic mass is 32.2. The average Bonchev–Trinajstić information content (AvgIpc) is 3.30. The van der Waals surface area contributed by atoms with E-state index in [1.807, 2.05) is 41.1 Å². The first-order valence-electron chi connectivity index (χ1n) is 7.63. The number of amides is 1. The van der Waals surface area contributed by atoms with Gasteiger partial charge in [0.05, 0.1) is 11.1 Å². The molecule has 0 atom stereocenters. The Balaban J connectivity index is 1.53. The van der Waals surface area contributed by atoms with E-state index in [0.717, 1.165) is 21.3 Å². The highest BCUT2D eigenvalue weighted by Gasteiger charge is 2.14. The smallest absolute Gasteiger partial charge is 0.236 e. The Kier molecular flexibility index (Phi) is 4.83. The third-order valence-electron chi connectivity index (χ3n) is 3.54. The molecule has 0 fully saturated rings. The number of thiophene rings is 1. The normalized spacial score (nSPS) is 10.9. The number of thiazole rings is 1. The summed E-state index contributed by atoms with van der Waals surface area (Å²) >= 11 is 4.15. The van der Waals surface area contributed by atoms with Crippen LogP contribution in [0.15, 0.2) is 52.4 Å². The van der Waals surface area contributed by atoms with Crippen molar-refractivity contribution in [1.29, 1.82) is 0 Å². The van der Waals surface area contributed by atoms with Crippen molar-refractivity contribution >= 4 is 61.5 Å². The summed E-state index contributed by atoms with van der Waals surface area (Å²) in [7, 11) is 0. The molecule has 0 aliphatic carbocycles. The molecule has 1 amide bonds. The van der Waals surface area contributed by atoms with Crippen LogP contribution in [0, 0.1) is 0 Å². The second-order valence-corrected chi connectivity index (χ2v) is 7.96. The molecular weight excluding hydrogens is 386 g/mol. The van der Waals surface area contributed by atoms with Crippen molar-refractivity contribution in [2.24, 2.45) is 0 Å².